The highest BCUT2D eigenvalue weighted by molar-refractivity contribution is 6.35. The molecule has 1 unspecified atom stereocenters. The van der Waals surface area contributed by atoms with Gasteiger partial charge in [0.1, 0.15) is 11.9 Å². The van der Waals surface area contributed by atoms with Crippen molar-refractivity contribution in [3.05, 3.63) is 29.0 Å². The summed E-state index contributed by atoms with van der Waals surface area (Å²) in [6, 6.07) is 1.44. The second-order valence-corrected chi connectivity index (χ2v) is 6.50. The number of benzene rings is 1. The van der Waals surface area contributed by atoms with Gasteiger partial charge in [-0.3, -0.25) is 14.4 Å². The first-order valence-electron chi connectivity index (χ1n) is 7.91. The van der Waals surface area contributed by atoms with Crippen LogP contribution in [0.2, 0.25) is 5.02 Å². The topological polar surface area (TPSA) is 78.5 Å². The Morgan fingerprint density at radius 2 is 1.96 bits per heavy atom. The van der Waals surface area contributed by atoms with E-state index in [-0.39, 0.29) is 30.2 Å². The zero-order chi connectivity index (χ0) is 20.4. The lowest BCUT2D eigenvalue weighted by Crippen LogP contribution is -2.49. The van der Waals surface area contributed by atoms with Crippen LogP contribution < -0.4 is 10.6 Å². The van der Waals surface area contributed by atoms with Gasteiger partial charge in [0.15, 0.2) is 0 Å². The fourth-order valence-electron chi connectivity index (χ4n) is 2.46. The minimum absolute atomic E-state index is 0.0505. The van der Waals surface area contributed by atoms with Crippen molar-refractivity contribution in [1.29, 1.82) is 0 Å². The number of rotatable bonds is 3. The van der Waals surface area contributed by atoms with Crippen molar-refractivity contribution in [3.63, 3.8) is 0 Å². The minimum Gasteiger partial charge on any atom is -0.336 e. The first kappa shape index (κ1) is 20.9. The van der Waals surface area contributed by atoms with Gasteiger partial charge in [0.2, 0.25) is 5.91 Å². The number of hydrogen-bond donors (Lipinski definition) is 2. The molecule has 148 valence electrons. The van der Waals surface area contributed by atoms with Crippen molar-refractivity contribution in [2.75, 3.05) is 18.4 Å². The van der Waals surface area contributed by atoms with Crippen LogP contribution in [-0.2, 0) is 14.4 Å². The standard InChI is InChI=1S/C16H16ClF4N3O3/c1-8(16(19,20)21)22-14(26)15(27)24-5-4-9(7-24)13(25)23-10-2-3-12(18)11(17)6-10/h2-3,6,8-9H,4-5,7H2,1H3,(H,22,26)(H,23,25)/t8-,9?/m1/s1. The van der Waals surface area contributed by atoms with E-state index in [0.29, 0.717) is 0 Å². The number of likely N-dealkylation sites (tertiary alicyclic amines) is 1. The van der Waals surface area contributed by atoms with E-state index in [1.54, 1.807) is 5.32 Å². The van der Waals surface area contributed by atoms with Crippen LogP contribution in [0.15, 0.2) is 18.2 Å². The van der Waals surface area contributed by atoms with Gasteiger partial charge in [0.05, 0.1) is 10.9 Å². The van der Waals surface area contributed by atoms with Crippen LogP contribution in [0.4, 0.5) is 23.2 Å². The maximum atomic E-state index is 13.1. The molecule has 11 heteroatoms. The molecule has 0 bridgehead atoms. The molecule has 1 heterocycles. The second-order valence-electron chi connectivity index (χ2n) is 6.09. The predicted octanol–water partition coefficient (Wildman–Crippen LogP) is 2.33. The average molecular weight is 410 g/mol. The third-order valence-electron chi connectivity index (χ3n) is 4.07. The Morgan fingerprint density at radius 3 is 2.56 bits per heavy atom. The SMILES string of the molecule is C[C@@H](NC(=O)C(=O)N1CCC(C(=O)Nc2ccc(F)c(Cl)c2)C1)C(F)(F)F. The Bertz CT molecular complexity index is 757. The number of amides is 3. The van der Waals surface area contributed by atoms with Gasteiger partial charge in [-0.15, -0.1) is 0 Å². The minimum atomic E-state index is -4.67. The largest absolute Gasteiger partial charge is 0.408 e. The molecule has 2 atom stereocenters. The molecule has 1 fully saturated rings. The Kier molecular flexibility index (Phi) is 6.30. The monoisotopic (exact) mass is 409 g/mol. The third-order valence-corrected chi connectivity index (χ3v) is 4.36. The van der Waals surface area contributed by atoms with Gasteiger partial charge in [-0.2, -0.15) is 13.2 Å². The van der Waals surface area contributed by atoms with Crippen molar-refractivity contribution < 1.29 is 31.9 Å². The van der Waals surface area contributed by atoms with Gasteiger partial charge in [0.25, 0.3) is 0 Å². The van der Waals surface area contributed by atoms with E-state index in [2.05, 4.69) is 5.32 Å². The number of anilines is 1. The van der Waals surface area contributed by atoms with Crippen LogP contribution in [0, 0.1) is 11.7 Å². The van der Waals surface area contributed by atoms with E-state index < -0.39 is 41.7 Å². The average Bonchev–Trinajstić information content (AvgIpc) is 3.06. The summed E-state index contributed by atoms with van der Waals surface area (Å²) < 4.78 is 50.5. The second kappa shape index (κ2) is 8.12. The molecule has 3 amide bonds. The van der Waals surface area contributed by atoms with Crippen LogP contribution in [-0.4, -0.2) is 47.9 Å². The molecule has 27 heavy (non-hydrogen) atoms. The number of nitrogens with one attached hydrogen (secondary N) is 2. The van der Waals surface area contributed by atoms with Gasteiger partial charge in [-0.1, -0.05) is 11.6 Å². The lowest BCUT2D eigenvalue weighted by molar-refractivity contribution is -0.162. The highest BCUT2D eigenvalue weighted by atomic mass is 35.5. The van der Waals surface area contributed by atoms with Gasteiger partial charge >= 0.3 is 18.0 Å². The Morgan fingerprint density at radius 1 is 1.30 bits per heavy atom. The smallest absolute Gasteiger partial charge is 0.336 e. The van der Waals surface area contributed by atoms with E-state index in [1.807, 2.05) is 0 Å². The molecule has 0 saturated carbocycles. The van der Waals surface area contributed by atoms with Gasteiger partial charge in [-0.25, -0.2) is 4.39 Å². The summed E-state index contributed by atoms with van der Waals surface area (Å²) >= 11 is 5.63. The van der Waals surface area contributed by atoms with Crippen molar-refractivity contribution >= 4 is 35.0 Å². The van der Waals surface area contributed by atoms with E-state index in [4.69, 9.17) is 11.6 Å². The van der Waals surface area contributed by atoms with Gasteiger partial charge in [0, 0.05) is 18.8 Å². The fourth-order valence-corrected chi connectivity index (χ4v) is 2.64. The summed E-state index contributed by atoms with van der Waals surface area (Å²) in [6.07, 6.45) is -4.44. The molecule has 0 radical (unpaired) electrons. The molecule has 0 aliphatic carbocycles. The maximum Gasteiger partial charge on any atom is 0.408 e. The molecular formula is C16H16ClF4N3O3. The van der Waals surface area contributed by atoms with E-state index in [9.17, 15) is 31.9 Å². The van der Waals surface area contributed by atoms with Crippen LogP contribution in [0.1, 0.15) is 13.3 Å². The number of hydrogen-bond acceptors (Lipinski definition) is 3. The van der Waals surface area contributed by atoms with Crippen LogP contribution in [0.25, 0.3) is 0 Å². The zero-order valence-corrected chi connectivity index (χ0v) is 14.8. The molecule has 1 aliphatic rings. The van der Waals surface area contributed by atoms with Crippen LogP contribution in [0.5, 0.6) is 0 Å². The molecule has 0 spiro atoms. The van der Waals surface area contributed by atoms with Gasteiger partial charge in [-0.05, 0) is 31.5 Å². The highest BCUT2D eigenvalue weighted by Gasteiger charge is 2.40. The molecule has 6 nitrogen and oxygen atoms in total. The first-order chi connectivity index (χ1) is 12.5. The normalized spacial score (nSPS) is 18.1. The van der Waals surface area contributed by atoms with Gasteiger partial charge < -0.3 is 15.5 Å². The Balaban J connectivity index is 1.91. The summed E-state index contributed by atoms with van der Waals surface area (Å²) in [5.74, 6) is -4.30. The zero-order valence-electron chi connectivity index (χ0n) is 14.1. The van der Waals surface area contributed by atoms with Crippen molar-refractivity contribution in [2.24, 2.45) is 5.92 Å². The molecular weight excluding hydrogens is 394 g/mol. The van der Waals surface area contributed by atoms with Crippen molar-refractivity contribution in [2.45, 2.75) is 25.6 Å². The molecule has 0 aromatic heterocycles. The Labute approximate surface area is 156 Å². The molecule has 1 aromatic rings. The summed E-state index contributed by atoms with van der Waals surface area (Å²) in [5, 5.41) is 3.93. The molecule has 1 aliphatic heterocycles. The lowest BCUT2D eigenvalue weighted by atomic mass is 10.1. The Hall–Kier alpha value is -2.36. The van der Waals surface area contributed by atoms with Crippen molar-refractivity contribution in [3.8, 4) is 0 Å². The quantitative estimate of drug-likeness (QED) is 0.594. The molecule has 2 rings (SSSR count). The molecule has 2 N–H and O–H groups in total. The maximum absolute atomic E-state index is 13.1. The number of carbonyl (C=O) groups excluding carboxylic acids is 3. The lowest BCUT2D eigenvalue weighted by Gasteiger charge is -2.20. The highest BCUT2D eigenvalue weighted by Crippen LogP contribution is 2.23. The molecule has 1 aromatic carbocycles. The first-order valence-corrected chi connectivity index (χ1v) is 8.29. The summed E-state index contributed by atoms with van der Waals surface area (Å²) in [5.41, 5.74) is 0.257. The third kappa shape index (κ3) is 5.31. The number of nitrogens with zero attached hydrogens (tertiary/aromatic N) is 1. The van der Waals surface area contributed by atoms with Crippen LogP contribution in [0.3, 0.4) is 0 Å². The van der Waals surface area contributed by atoms with Crippen LogP contribution >= 0.6 is 11.6 Å². The number of carbonyl (C=O) groups is 3. The van der Waals surface area contributed by atoms with E-state index in [1.165, 1.54) is 12.1 Å². The fraction of sp³-hybridized carbons (Fsp3) is 0.438. The summed E-state index contributed by atoms with van der Waals surface area (Å²) in [6.45, 7) is 0.654. The van der Waals surface area contributed by atoms with E-state index >= 15 is 0 Å². The predicted molar refractivity (Wildman–Crippen MR) is 88.4 cm³/mol. The number of halogens is 5. The summed E-state index contributed by atoms with van der Waals surface area (Å²) in [4.78, 5) is 36.9. The number of alkyl halides is 3. The molecule has 1 saturated heterocycles. The van der Waals surface area contributed by atoms with Crippen molar-refractivity contribution in [1.82, 2.24) is 10.2 Å². The summed E-state index contributed by atoms with van der Waals surface area (Å²) in [7, 11) is 0. The van der Waals surface area contributed by atoms with E-state index in [0.717, 1.165) is 17.9 Å².